The fraction of sp³-hybridized carbons (Fsp3) is 0.632. The highest BCUT2D eigenvalue weighted by atomic mass is 16.2. The van der Waals surface area contributed by atoms with E-state index >= 15 is 0 Å². The highest BCUT2D eigenvalue weighted by Gasteiger charge is 2.27. The van der Waals surface area contributed by atoms with E-state index in [2.05, 4.69) is 35.4 Å². The first-order valence-electron chi connectivity index (χ1n) is 10.0. The number of hydrogen-bond acceptors (Lipinski definition) is 6. The second-order valence-corrected chi connectivity index (χ2v) is 7.62. The van der Waals surface area contributed by atoms with Crippen LogP contribution in [0.3, 0.4) is 0 Å². The Morgan fingerprint density at radius 2 is 2.00 bits per heavy atom. The number of anilines is 2. The van der Waals surface area contributed by atoms with Gasteiger partial charge in [0.15, 0.2) is 0 Å². The fourth-order valence-corrected chi connectivity index (χ4v) is 4.14. The minimum absolute atomic E-state index is 0.0306. The van der Waals surface area contributed by atoms with Gasteiger partial charge >= 0.3 is 0 Å². The van der Waals surface area contributed by atoms with E-state index in [-0.39, 0.29) is 11.8 Å². The van der Waals surface area contributed by atoms with Crippen molar-refractivity contribution in [2.24, 2.45) is 11.8 Å². The molecule has 1 aliphatic heterocycles. The summed E-state index contributed by atoms with van der Waals surface area (Å²) in [5.41, 5.74) is 0. The number of aromatic nitrogens is 5. The Bertz CT molecular complexity index is 742. The number of amides is 1. The number of carbonyl (C=O) groups excluding carboxylic acids is 1. The summed E-state index contributed by atoms with van der Waals surface area (Å²) in [6.45, 7) is 1.49. The van der Waals surface area contributed by atoms with Gasteiger partial charge in [-0.05, 0) is 31.2 Å². The molecule has 2 N–H and O–H groups in total. The lowest BCUT2D eigenvalue weighted by molar-refractivity contribution is -0.120. The molecule has 1 amide bonds. The normalized spacial score (nSPS) is 20.7. The third kappa shape index (κ3) is 4.61. The highest BCUT2D eigenvalue weighted by Crippen LogP contribution is 2.28. The van der Waals surface area contributed by atoms with Crippen LogP contribution in [0.2, 0.25) is 0 Å². The van der Waals surface area contributed by atoms with Gasteiger partial charge in [-0.15, -0.1) is 5.10 Å². The standard InChI is InChI=1S/C19H27N7O/c27-17(15-7-3-12-26(13-15)19-20-10-4-11-21-19)23-18-22-16(24-25-18)9-8-14-5-1-2-6-14/h4,10-11,14-15H,1-3,5-9,12-13H2,(H2,22,23,24,25,27)/t15-/m1/s1. The van der Waals surface area contributed by atoms with Crippen LogP contribution in [-0.2, 0) is 11.2 Å². The first kappa shape index (κ1) is 17.9. The summed E-state index contributed by atoms with van der Waals surface area (Å²) in [4.78, 5) is 27.7. The molecule has 0 spiro atoms. The largest absolute Gasteiger partial charge is 0.340 e. The summed E-state index contributed by atoms with van der Waals surface area (Å²) < 4.78 is 0. The van der Waals surface area contributed by atoms with E-state index in [1.54, 1.807) is 18.5 Å². The molecule has 2 aromatic rings. The molecule has 2 aliphatic rings. The molecule has 0 radical (unpaired) electrons. The maximum Gasteiger partial charge on any atom is 0.248 e. The maximum atomic E-state index is 12.6. The number of hydrogen-bond donors (Lipinski definition) is 2. The Morgan fingerprint density at radius 1 is 1.19 bits per heavy atom. The van der Waals surface area contributed by atoms with Gasteiger partial charge in [0.25, 0.3) is 0 Å². The first-order valence-corrected chi connectivity index (χ1v) is 10.0. The monoisotopic (exact) mass is 369 g/mol. The average Bonchev–Trinajstić information content (AvgIpc) is 3.39. The van der Waals surface area contributed by atoms with Crippen LogP contribution in [0.4, 0.5) is 11.9 Å². The van der Waals surface area contributed by atoms with Gasteiger partial charge in [0.05, 0.1) is 5.92 Å². The van der Waals surface area contributed by atoms with Crippen LogP contribution in [0.5, 0.6) is 0 Å². The van der Waals surface area contributed by atoms with Crippen molar-refractivity contribution in [2.45, 2.75) is 51.4 Å². The summed E-state index contributed by atoms with van der Waals surface area (Å²) in [5, 5.41) is 10.0. The summed E-state index contributed by atoms with van der Waals surface area (Å²) in [6, 6.07) is 1.80. The number of carbonyl (C=O) groups is 1. The zero-order chi connectivity index (χ0) is 18.5. The van der Waals surface area contributed by atoms with E-state index < -0.39 is 0 Å². The van der Waals surface area contributed by atoms with E-state index in [4.69, 9.17) is 0 Å². The van der Waals surface area contributed by atoms with E-state index in [0.29, 0.717) is 18.4 Å². The SMILES string of the molecule is O=C(Nc1n[nH]c(CCC2CCCC2)n1)[C@@H]1CCCN(c2ncccn2)C1. The number of rotatable bonds is 6. The maximum absolute atomic E-state index is 12.6. The van der Waals surface area contributed by atoms with E-state index in [1.165, 1.54) is 25.7 Å². The summed E-state index contributed by atoms with van der Waals surface area (Å²) in [5.74, 6) is 2.61. The van der Waals surface area contributed by atoms with Crippen LogP contribution in [0, 0.1) is 11.8 Å². The molecule has 8 heteroatoms. The lowest BCUT2D eigenvalue weighted by atomic mass is 9.97. The molecule has 27 heavy (non-hydrogen) atoms. The number of nitrogens with one attached hydrogen (secondary N) is 2. The molecule has 3 heterocycles. The summed E-state index contributed by atoms with van der Waals surface area (Å²) in [6.07, 6.45) is 12.7. The smallest absolute Gasteiger partial charge is 0.248 e. The molecule has 0 bridgehead atoms. The lowest BCUT2D eigenvalue weighted by Gasteiger charge is -2.31. The van der Waals surface area contributed by atoms with Crippen molar-refractivity contribution in [3.05, 3.63) is 24.3 Å². The van der Waals surface area contributed by atoms with Gasteiger partial charge in [-0.3, -0.25) is 15.2 Å². The topological polar surface area (TPSA) is 99.7 Å². The van der Waals surface area contributed by atoms with Crippen LogP contribution in [-0.4, -0.2) is 44.1 Å². The fourth-order valence-electron chi connectivity index (χ4n) is 4.14. The number of piperidine rings is 1. The summed E-state index contributed by atoms with van der Waals surface area (Å²) >= 11 is 0. The molecule has 1 saturated carbocycles. The van der Waals surface area contributed by atoms with Crippen molar-refractivity contribution < 1.29 is 4.79 Å². The molecule has 2 fully saturated rings. The number of aromatic amines is 1. The molecule has 1 atom stereocenters. The third-order valence-electron chi connectivity index (χ3n) is 5.66. The molecular formula is C19H27N7O. The number of H-pyrrole nitrogens is 1. The first-order chi connectivity index (χ1) is 13.3. The highest BCUT2D eigenvalue weighted by molar-refractivity contribution is 5.91. The second kappa shape index (κ2) is 8.45. The van der Waals surface area contributed by atoms with Gasteiger partial charge in [-0.25, -0.2) is 9.97 Å². The number of nitrogens with zero attached hydrogens (tertiary/aromatic N) is 5. The van der Waals surface area contributed by atoms with Gasteiger partial charge in [0.1, 0.15) is 5.82 Å². The molecule has 8 nitrogen and oxygen atoms in total. The molecule has 144 valence electrons. The number of aryl methyl sites for hydroxylation is 1. The molecule has 2 aromatic heterocycles. The Kier molecular flexibility index (Phi) is 5.60. The lowest BCUT2D eigenvalue weighted by Crippen LogP contribution is -2.41. The van der Waals surface area contributed by atoms with E-state index in [9.17, 15) is 4.79 Å². The van der Waals surface area contributed by atoms with Gasteiger partial charge in [-0.1, -0.05) is 25.7 Å². The molecule has 0 unspecified atom stereocenters. The molecule has 4 rings (SSSR count). The Balaban J connectivity index is 1.29. The second-order valence-electron chi connectivity index (χ2n) is 7.62. The summed E-state index contributed by atoms with van der Waals surface area (Å²) in [7, 11) is 0. The van der Waals surface area contributed by atoms with Gasteiger partial charge in [0, 0.05) is 31.9 Å². The van der Waals surface area contributed by atoms with E-state index in [0.717, 1.165) is 44.0 Å². The predicted octanol–water partition coefficient (Wildman–Crippen LogP) is 2.57. The van der Waals surface area contributed by atoms with Crippen LogP contribution >= 0.6 is 0 Å². The minimum Gasteiger partial charge on any atom is -0.340 e. The Morgan fingerprint density at radius 3 is 2.81 bits per heavy atom. The quantitative estimate of drug-likeness (QED) is 0.812. The van der Waals surface area contributed by atoms with Crippen molar-refractivity contribution in [2.75, 3.05) is 23.3 Å². The van der Waals surface area contributed by atoms with Crippen LogP contribution < -0.4 is 10.2 Å². The zero-order valence-corrected chi connectivity index (χ0v) is 15.6. The molecule has 0 aromatic carbocycles. The van der Waals surface area contributed by atoms with Gasteiger partial charge < -0.3 is 4.90 Å². The van der Waals surface area contributed by atoms with Crippen molar-refractivity contribution in [3.8, 4) is 0 Å². The minimum atomic E-state index is -0.108. The van der Waals surface area contributed by atoms with Gasteiger partial charge in [0.2, 0.25) is 17.8 Å². The van der Waals surface area contributed by atoms with Crippen LogP contribution in [0.1, 0.15) is 50.8 Å². The van der Waals surface area contributed by atoms with Crippen molar-refractivity contribution in [1.82, 2.24) is 25.1 Å². The van der Waals surface area contributed by atoms with Crippen molar-refractivity contribution >= 4 is 17.8 Å². The third-order valence-corrected chi connectivity index (χ3v) is 5.66. The van der Waals surface area contributed by atoms with Crippen LogP contribution in [0.15, 0.2) is 18.5 Å². The van der Waals surface area contributed by atoms with Crippen LogP contribution in [0.25, 0.3) is 0 Å². The predicted molar refractivity (Wildman–Crippen MR) is 102 cm³/mol. The van der Waals surface area contributed by atoms with E-state index in [1.807, 2.05) is 0 Å². The Labute approximate surface area is 159 Å². The molecule has 1 aliphatic carbocycles. The van der Waals surface area contributed by atoms with Gasteiger partial charge in [-0.2, -0.15) is 4.98 Å². The average molecular weight is 369 g/mol. The Hall–Kier alpha value is -2.51. The van der Waals surface area contributed by atoms with Crippen molar-refractivity contribution in [1.29, 1.82) is 0 Å². The zero-order valence-electron chi connectivity index (χ0n) is 15.6. The molecule has 1 saturated heterocycles. The van der Waals surface area contributed by atoms with Crippen molar-refractivity contribution in [3.63, 3.8) is 0 Å². The molecular weight excluding hydrogens is 342 g/mol.